The van der Waals surface area contributed by atoms with Gasteiger partial charge < -0.3 is 4.74 Å². The van der Waals surface area contributed by atoms with Crippen LogP contribution in [0.2, 0.25) is 0 Å². The average molecular weight is 281 g/mol. The SMILES string of the molecule is COC(C)(C)CCN1CCCCC1C1CCCCC1=O. The molecule has 1 saturated heterocycles. The van der Waals surface area contributed by atoms with Crippen LogP contribution in [0.1, 0.15) is 65.2 Å². The highest BCUT2D eigenvalue weighted by molar-refractivity contribution is 5.82. The second-order valence-corrected chi connectivity index (χ2v) is 7.13. The fourth-order valence-corrected chi connectivity index (χ4v) is 3.68. The fraction of sp³-hybridized carbons (Fsp3) is 0.941. The van der Waals surface area contributed by atoms with Gasteiger partial charge in [-0.3, -0.25) is 9.69 Å². The molecule has 0 radical (unpaired) electrons. The molecule has 20 heavy (non-hydrogen) atoms. The Morgan fingerprint density at radius 2 is 1.95 bits per heavy atom. The molecule has 2 aliphatic rings. The van der Waals surface area contributed by atoms with Crippen molar-refractivity contribution in [2.24, 2.45) is 5.92 Å². The molecule has 0 aromatic rings. The predicted octanol–water partition coefficient (Wildman–Crippen LogP) is 3.42. The van der Waals surface area contributed by atoms with Crippen molar-refractivity contribution in [2.45, 2.75) is 76.9 Å². The lowest BCUT2D eigenvalue weighted by Crippen LogP contribution is -2.48. The van der Waals surface area contributed by atoms with E-state index in [2.05, 4.69) is 18.7 Å². The Hall–Kier alpha value is -0.410. The minimum Gasteiger partial charge on any atom is -0.379 e. The van der Waals surface area contributed by atoms with Gasteiger partial charge in [0.25, 0.3) is 0 Å². The number of Topliss-reactive ketones (excluding diaryl/α,β-unsaturated/α-hetero) is 1. The summed E-state index contributed by atoms with van der Waals surface area (Å²) in [5.74, 6) is 0.842. The summed E-state index contributed by atoms with van der Waals surface area (Å²) in [6, 6.07) is 0.504. The van der Waals surface area contributed by atoms with Gasteiger partial charge in [0, 0.05) is 32.0 Å². The molecule has 1 heterocycles. The maximum atomic E-state index is 12.2. The molecule has 0 spiro atoms. The smallest absolute Gasteiger partial charge is 0.137 e. The van der Waals surface area contributed by atoms with Gasteiger partial charge in [-0.05, 0) is 52.5 Å². The Labute approximate surface area is 124 Å². The highest BCUT2D eigenvalue weighted by atomic mass is 16.5. The zero-order valence-electron chi connectivity index (χ0n) is 13.5. The molecule has 0 amide bonds. The molecule has 0 bridgehead atoms. The molecule has 2 fully saturated rings. The minimum atomic E-state index is -0.0570. The number of carbonyl (C=O) groups excluding carboxylic acids is 1. The topological polar surface area (TPSA) is 29.5 Å². The fourth-order valence-electron chi connectivity index (χ4n) is 3.68. The number of ketones is 1. The summed E-state index contributed by atoms with van der Waals surface area (Å²) in [5.41, 5.74) is -0.0570. The lowest BCUT2D eigenvalue weighted by atomic mass is 9.79. The molecule has 3 heteroatoms. The van der Waals surface area contributed by atoms with Gasteiger partial charge in [0.05, 0.1) is 5.60 Å². The van der Waals surface area contributed by atoms with Crippen LogP contribution in [0.3, 0.4) is 0 Å². The third-order valence-electron chi connectivity index (χ3n) is 5.28. The maximum absolute atomic E-state index is 12.2. The summed E-state index contributed by atoms with van der Waals surface area (Å²) in [6.07, 6.45) is 9.11. The summed E-state index contributed by atoms with van der Waals surface area (Å²) in [5, 5.41) is 0. The number of piperidine rings is 1. The number of likely N-dealkylation sites (tertiary alicyclic amines) is 1. The average Bonchev–Trinajstić information content (AvgIpc) is 2.46. The zero-order valence-corrected chi connectivity index (χ0v) is 13.5. The van der Waals surface area contributed by atoms with E-state index < -0.39 is 0 Å². The molecule has 2 unspecified atom stereocenters. The first-order chi connectivity index (χ1) is 9.53. The van der Waals surface area contributed by atoms with Gasteiger partial charge >= 0.3 is 0 Å². The summed E-state index contributed by atoms with van der Waals surface area (Å²) in [4.78, 5) is 14.8. The minimum absolute atomic E-state index is 0.0570. The third kappa shape index (κ3) is 4.05. The van der Waals surface area contributed by atoms with Crippen molar-refractivity contribution in [2.75, 3.05) is 20.2 Å². The molecular weight excluding hydrogens is 250 g/mol. The summed E-state index contributed by atoms with van der Waals surface area (Å²) >= 11 is 0. The van der Waals surface area contributed by atoms with Crippen LogP contribution in [0.25, 0.3) is 0 Å². The summed E-state index contributed by atoms with van der Waals surface area (Å²) in [6.45, 7) is 6.53. The molecule has 116 valence electrons. The van der Waals surface area contributed by atoms with Crippen LogP contribution in [0.4, 0.5) is 0 Å². The standard InChI is InChI=1S/C17H31NO2/c1-17(2,20-3)11-13-18-12-7-6-9-15(18)14-8-4-5-10-16(14)19/h14-15H,4-13H2,1-3H3. The Bertz CT molecular complexity index is 327. The van der Waals surface area contributed by atoms with E-state index in [1.807, 2.05) is 0 Å². The predicted molar refractivity (Wildman–Crippen MR) is 81.9 cm³/mol. The highest BCUT2D eigenvalue weighted by Crippen LogP contribution is 2.32. The quantitative estimate of drug-likeness (QED) is 0.773. The maximum Gasteiger partial charge on any atom is 0.137 e. The zero-order chi connectivity index (χ0) is 14.6. The van der Waals surface area contributed by atoms with E-state index in [9.17, 15) is 4.79 Å². The molecule has 1 aliphatic heterocycles. The first kappa shape index (κ1) is 16.0. The van der Waals surface area contributed by atoms with Crippen LogP contribution < -0.4 is 0 Å². The molecule has 0 aromatic carbocycles. The van der Waals surface area contributed by atoms with Crippen molar-refractivity contribution in [1.29, 1.82) is 0 Å². The number of hydrogen-bond acceptors (Lipinski definition) is 3. The van der Waals surface area contributed by atoms with E-state index in [-0.39, 0.29) is 5.60 Å². The molecule has 2 rings (SSSR count). The normalized spacial score (nSPS) is 29.6. The van der Waals surface area contributed by atoms with Crippen LogP contribution >= 0.6 is 0 Å². The Morgan fingerprint density at radius 3 is 2.65 bits per heavy atom. The second-order valence-electron chi connectivity index (χ2n) is 7.13. The van der Waals surface area contributed by atoms with Crippen LogP contribution in [0, 0.1) is 5.92 Å². The first-order valence-electron chi connectivity index (χ1n) is 8.35. The van der Waals surface area contributed by atoms with Crippen LogP contribution in [0.5, 0.6) is 0 Å². The molecule has 0 aromatic heterocycles. The van der Waals surface area contributed by atoms with E-state index in [0.717, 1.165) is 38.8 Å². The van der Waals surface area contributed by atoms with Crippen LogP contribution in [-0.4, -0.2) is 42.5 Å². The van der Waals surface area contributed by atoms with Crippen molar-refractivity contribution in [3.05, 3.63) is 0 Å². The van der Waals surface area contributed by atoms with E-state index in [1.54, 1.807) is 7.11 Å². The molecule has 0 N–H and O–H groups in total. The Kier molecular flexibility index (Phi) is 5.62. The molecule has 1 saturated carbocycles. The van der Waals surface area contributed by atoms with Gasteiger partial charge in [-0.2, -0.15) is 0 Å². The molecule has 2 atom stereocenters. The van der Waals surface area contributed by atoms with E-state index in [0.29, 0.717) is 17.7 Å². The van der Waals surface area contributed by atoms with Gasteiger partial charge in [0.2, 0.25) is 0 Å². The molecular formula is C17H31NO2. The number of nitrogens with zero attached hydrogens (tertiary/aromatic N) is 1. The molecule has 3 nitrogen and oxygen atoms in total. The van der Waals surface area contributed by atoms with Crippen molar-refractivity contribution in [3.63, 3.8) is 0 Å². The van der Waals surface area contributed by atoms with Crippen molar-refractivity contribution in [1.82, 2.24) is 4.90 Å². The number of hydrogen-bond donors (Lipinski definition) is 0. The number of carbonyl (C=O) groups is 1. The van der Waals surface area contributed by atoms with Crippen molar-refractivity contribution < 1.29 is 9.53 Å². The largest absolute Gasteiger partial charge is 0.379 e. The van der Waals surface area contributed by atoms with Gasteiger partial charge in [-0.25, -0.2) is 0 Å². The van der Waals surface area contributed by atoms with E-state index >= 15 is 0 Å². The van der Waals surface area contributed by atoms with Crippen LogP contribution in [0.15, 0.2) is 0 Å². The lowest BCUT2D eigenvalue weighted by Gasteiger charge is -2.42. The first-order valence-corrected chi connectivity index (χ1v) is 8.35. The van der Waals surface area contributed by atoms with Crippen LogP contribution in [-0.2, 0) is 9.53 Å². The molecule has 1 aliphatic carbocycles. The Balaban J connectivity index is 1.96. The van der Waals surface area contributed by atoms with Gasteiger partial charge in [0.1, 0.15) is 5.78 Å². The van der Waals surface area contributed by atoms with E-state index in [4.69, 9.17) is 4.74 Å². The number of ether oxygens (including phenoxy) is 1. The van der Waals surface area contributed by atoms with Gasteiger partial charge in [0.15, 0.2) is 0 Å². The number of rotatable bonds is 5. The summed E-state index contributed by atoms with van der Waals surface area (Å²) in [7, 11) is 1.79. The van der Waals surface area contributed by atoms with Gasteiger partial charge in [-0.1, -0.05) is 12.8 Å². The van der Waals surface area contributed by atoms with E-state index in [1.165, 1.54) is 25.7 Å². The summed E-state index contributed by atoms with van der Waals surface area (Å²) < 4.78 is 5.54. The number of methoxy groups -OCH3 is 1. The Morgan fingerprint density at radius 1 is 1.20 bits per heavy atom. The van der Waals surface area contributed by atoms with Crippen molar-refractivity contribution in [3.8, 4) is 0 Å². The highest BCUT2D eigenvalue weighted by Gasteiger charge is 2.35. The third-order valence-corrected chi connectivity index (χ3v) is 5.28. The lowest BCUT2D eigenvalue weighted by molar-refractivity contribution is -0.127. The monoisotopic (exact) mass is 281 g/mol. The van der Waals surface area contributed by atoms with Gasteiger partial charge in [-0.15, -0.1) is 0 Å². The second kappa shape index (κ2) is 7.04. The van der Waals surface area contributed by atoms with Crippen molar-refractivity contribution >= 4 is 5.78 Å².